The van der Waals surface area contributed by atoms with Crippen molar-refractivity contribution in [2.75, 3.05) is 5.88 Å². The van der Waals surface area contributed by atoms with Gasteiger partial charge in [0, 0.05) is 31.7 Å². The number of alkyl halides is 1. The fourth-order valence-electron chi connectivity index (χ4n) is 2.27. The van der Waals surface area contributed by atoms with Gasteiger partial charge in [-0.3, -0.25) is 0 Å². The zero-order chi connectivity index (χ0) is 13.7. The van der Waals surface area contributed by atoms with Crippen LogP contribution < -0.4 is 0 Å². The average molecular weight is 279 g/mol. The Bertz CT molecular complexity index is 512. The quantitative estimate of drug-likeness (QED) is 0.825. The second-order valence-corrected chi connectivity index (χ2v) is 5.17. The zero-order valence-corrected chi connectivity index (χ0v) is 11.8. The maximum atomic E-state index is 10.9. The fourth-order valence-corrected chi connectivity index (χ4v) is 2.59. The first-order valence-electron chi connectivity index (χ1n) is 6.46. The van der Waals surface area contributed by atoms with Crippen molar-refractivity contribution in [3.05, 3.63) is 54.1 Å². The van der Waals surface area contributed by atoms with Crippen LogP contribution in [0.1, 0.15) is 24.2 Å². The predicted octanol–water partition coefficient (Wildman–Crippen LogP) is 2.87. The summed E-state index contributed by atoms with van der Waals surface area (Å²) < 4.78 is 1.98. The van der Waals surface area contributed by atoms with Crippen LogP contribution in [0.2, 0.25) is 0 Å². The Hall–Kier alpha value is -1.32. The number of imidazole rings is 1. The third-order valence-electron chi connectivity index (χ3n) is 3.50. The third-order valence-corrected chi connectivity index (χ3v) is 3.69. The van der Waals surface area contributed by atoms with Crippen LogP contribution in [0.5, 0.6) is 0 Å². The average Bonchev–Trinajstić information content (AvgIpc) is 2.83. The Morgan fingerprint density at radius 2 is 2.00 bits per heavy atom. The molecule has 0 amide bonds. The van der Waals surface area contributed by atoms with Crippen molar-refractivity contribution in [1.29, 1.82) is 0 Å². The summed E-state index contributed by atoms with van der Waals surface area (Å²) in [5, 5.41) is 10.9. The van der Waals surface area contributed by atoms with Crippen LogP contribution in [0.4, 0.5) is 0 Å². The lowest BCUT2D eigenvalue weighted by Crippen LogP contribution is -2.27. The monoisotopic (exact) mass is 278 g/mol. The highest BCUT2D eigenvalue weighted by Crippen LogP contribution is 2.30. The maximum Gasteiger partial charge on any atom is 0.108 e. The van der Waals surface area contributed by atoms with Gasteiger partial charge in [-0.05, 0) is 18.4 Å². The smallest absolute Gasteiger partial charge is 0.108 e. The lowest BCUT2D eigenvalue weighted by molar-refractivity contribution is 0.0239. The molecule has 19 heavy (non-hydrogen) atoms. The highest BCUT2D eigenvalue weighted by Gasteiger charge is 2.28. The van der Waals surface area contributed by atoms with E-state index in [0.29, 0.717) is 18.7 Å². The molecule has 1 aromatic heterocycles. The maximum absolute atomic E-state index is 10.9. The lowest BCUT2D eigenvalue weighted by atomic mass is 9.86. The molecule has 0 fully saturated rings. The van der Waals surface area contributed by atoms with Crippen molar-refractivity contribution in [1.82, 2.24) is 9.55 Å². The summed E-state index contributed by atoms with van der Waals surface area (Å²) >= 11 is 5.85. The number of halogens is 1. The largest absolute Gasteiger partial charge is 0.385 e. The number of rotatable bonds is 6. The summed E-state index contributed by atoms with van der Waals surface area (Å²) in [5.74, 6) is 1.41. The number of aryl methyl sites for hydroxylation is 2. The van der Waals surface area contributed by atoms with Gasteiger partial charge in [0.15, 0.2) is 0 Å². The summed E-state index contributed by atoms with van der Waals surface area (Å²) in [7, 11) is 1.96. The standard InChI is InChI=1S/C15H19ClN2O/c1-18-12-11-17-14(18)7-8-15(19,9-10-16)13-5-3-2-4-6-13/h2-6,11-12,19H,7-10H2,1H3. The molecular formula is C15H19ClN2O. The molecule has 3 nitrogen and oxygen atoms in total. The molecule has 1 aromatic carbocycles. The SMILES string of the molecule is Cn1ccnc1CCC(O)(CCCl)c1ccccc1. The van der Waals surface area contributed by atoms with E-state index in [-0.39, 0.29) is 0 Å². The number of nitrogens with zero attached hydrogens (tertiary/aromatic N) is 2. The van der Waals surface area contributed by atoms with Crippen LogP contribution in [-0.2, 0) is 19.1 Å². The molecule has 4 heteroatoms. The number of benzene rings is 1. The molecular weight excluding hydrogens is 260 g/mol. The molecule has 0 aliphatic carbocycles. The van der Waals surface area contributed by atoms with Crippen LogP contribution >= 0.6 is 11.6 Å². The summed E-state index contributed by atoms with van der Waals surface area (Å²) in [6, 6.07) is 9.73. The van der Waals surface area contributed by atoms with E-state index < -0.39 is 5.60 Å². The van der Waals surface area contributed by atoms with Gasteiger partial charge in [-0.2, -0.15) is 0 Å². The Morgan fingerprint density at radius 1 is 1.26 bits per heavy atom. The van der Waals surface area contributed by atoms with Gasteiger partial charge >= 0.3 is 0 Å². The Balaban J connectivity index is 2.14. The van der Waals surface area contributed by atoms with E-state index in [1.165, 1.54) is 0 Å². The van der Waals surface area contributed by atoms with Gasteiger partial charge in [-0.25, -0.2) is 4.98 Å². The highest BCUT2D eigenvalue weighted by atomic mass is 35.5. The van der Waals surface area contributed by atoms with Gasteiger partial charge in [0.25, 0.3) is 0 Å². The molecule has 0 bridgehead atoms. The van der Waals surface area contributed by atoms with Crippen LogP contribution in [0, 0.1) is 0 Å². The molecule has 0 spiro atoms. The topological polar surface area (TPSA) is 38.0 Å². The van der Waals surface area contributed by atoms with E-state index in [4.69, 9.17) is 11.6 Å². The van der Waals surface area contributed by atoms with Gasteiger partial charge < -0.3 is 9.67 Å². The second-order valence-electron chi connectivity index (χ2n) is 4.79. The van der Waals surface area contributed by atoms with E-state index in [9.17, 15) is 5.11 Å². The molecule has 102 valence electrons. The van der Waals surface area contributed by atoms with Gasteiger partial charge in [-0.15, -0.1) is 11.6 Å². The normalized spacial score (nSPS) is 14.3. The summed E-state index contributed by atoms with van der Waals surface area (Å²) in [6.07, 6.45) is 5.58. The van der Waals surface area contributed by atoms with E-state index in [2.05, 4.69) is 4.98 Å². The summed E-state index contributed by atoms with van der Waals surface area (Å²) in [4.78, 5) is 4.29. The van der Waals surface area contributed by atoms with E-state index in [1.807, 2.05) is 48.1 Å². The van der Waals surface area contributed by atoms with Crippen molar-refractivity contribution in [3.8, 4) is 0 Å². The molecule has 1 unspecified atom stereocenters. The minimum Gasteiger partial charge on any atom is -0.385 e. The molecule has 0 saturated carbocycles. The molecule has 1 heterocycles. The second kappa shape index (κ2) is 6.22. The van der Waals surface area contributed by atoms with Gasteiger partial charge in [-0.1, -0.05) is 30.3 Å². The van der Waals surface area contributed by atoms with Gasteiger partial charge in [0.05, 0.1) is 5.60 Å². The molecule has 2 aromatic rings. The molecule has 0 aliphatic heterocycles. The third kappa shape index (κ3) is 3.37. The highest BCUT2D eigenvalue weighted by molar-refractivity contribution is 6.17. The molecule has 0 aliphatic rings. The minimum atomic E-state index is -0.880. The van der Waals surface area contributed by atoms with Gasteiger partial charge in [0.1, 0.15) is 5.82 Å². The lowest BCUT2D eigenvalue weighted by Gasteiger charge is -2.28. The van der Waals surface area contributed by atoms with E-state index >= 15 is 0 Å². The number of aliphatic hydroxyl groups is 1. The van der Waals surface area contributed by atoms with Gasteiger partial charge in [0.2, 0.25) is 0 Å². The number of aromatic nitrogens is 2. The van der Waals surface area contributed by atoms with Crippen LogP contribution in [0.25, 0.3) is 0 Å². The summed E-state index contributed by atoms with van der Waals surface area (Å²) in [5.41, 5.74) is 0.0412. The van der Waals surface area contributed by atoms with E-state index in [0.717, 1.165) is 17.8 Å². The van der Waals surface area contributed by atoms with E-state index in [1.54, 1.807) is 6.20 Å². The van der Waals surface area contributed by atoms with Crippen molar-refractivity contribution < 1.29 is 5.11 Å². The van der Waals surface area contributed by atoms with Crippen molar-refractivity contribution in [2.24, 2.45) is 7.05 Å². The first-order valence-corrected chi connectivity index (χ1v) is 6.99. The van der Waals surface area contributed by atoms with Crippen LogP contribution in [0.3, 0.4) is 0 Å². The molecule has 1 N–H and O–H groups in total. The number of hydrogen-bond acceptors (Lipinski definition) is 2. The molecule has 2 rings (SSSR count). The Labute approximate surface area is 118 Å². The minimum absolute atomic E-state index is 0.436. The van der Waals surface area contributed by atoms with Crippen molar-refractivity contribution >= 4 is 11.6 Å². The molecule has 1 atom stereocenters. The first-order chi connectivity index (χ1) is 9.15. The summed E-state index contributed by atoms with van der Waals surface area (Å²) in [6.45, 7) is 0. The molecule has 0 saturated heterocycles. The predicted molar refractivity (Wildman–Crippen MR) is 77.2 cm³/mol. The van der Waals surface area contributed by atoms with Crippen molar-refractivity contribution in [2.45, 2.75) is 24.9 Å². The first kappa shape index (κ1) is 14.1. The Morgan fingerprint density at radius 3 is 2.58 bits per heavy atom. The fraction of sp³-hybridized carbons (Fsp3) is 0.400. The Kier molecular flexibility index (Phi) is 4.61. The molecule has 0 radical (unpaired) electrons. The van der Waals surface area contributed by atoms with Crippen LogP contribution in [0.15, 0.2) is 42.7 Å². The zero-order valence-electron chi connectivity index (χ0n) is 11.1. The van der Waals surface area contributed by atoms with Crippen LogP contribution in [-0.4, -0.2) is 20.5 Å². The van der Waals surface area contributed by atoms with Crippen molar-refractivity contribution in [3.63, 3.8) is 0 Å². The number of hydrogen-bond donors (Lipinski definition) is 1.